The van der Waals surface area contributed by atoms with Crippen molar-refractivity contribution in [3.8, 4) is 5.75 Å². The fourth-order valence-electron chi connectivity index (χ4n) is 2.84. The quantitative estimate of drug-likeness (QED) is 0.606. The van der Waals surface area contributed by atoms with Crippen LogP contribution in [0, 0.1) is 0 Å². The number of nitrogens with one attached hydrogen (secondary N) is 1. The van der Waals surface area contributed by atoms with Crippen LogP contribution in [0.3, 0.4) is 0 Å². The van der Waals surface area contributed by atoms with E-state index in [0.717, 1.165) is 5.56 Å². The first-order valence-electron chi connectivity index (χ1n) is 9.45. The van der Waals surface area contributed by atoms with E-state index >= 15 is 0 Å². The van der Waals surface area contributed by atoms with Gasteiger partial charge >= 0.3 is 0 Å². The van der Waals surface area contributed by atoms with Crippen molar-refractivity contribution in [1.82, 2.24) is 10.2 Å². The van der Waals surface area contributed by atoms with Crippen LogP contribution in [-0.2, 0) is 22.7 Å². The van der Waals surface area contributed by atoms with Crippen LogP contribution in [0.5, 0.6) is 5.75 Å². The lowest BCUT2D eigenvalue weighted by atomic mass is 10.1. The molecule has 0 unspecified atom stereocenters. The molecule has 3 aromatic rings. The number of nitrogens with zero attached hydrogens (tertiary/aromatic N) is 1. The van der Waals surface area contributed by atoms with E-state index in [4.69, 9.17) is 9.15 Å². The van der Waals surface area contributed by atoms with Crippen LogP contribution in [0.15, 0.2) is 83.5 Å². The molecule has 0 bridgehead atoms. The SMILES string of the molecule is C[C@H](C(=O)NCc1ccco1)N(Cc1ccccc1)C(=O)COc1ccccc1. The predicted molar refractivity (Wildman–Crippen MR) is 109 cm³/mol. The Bertz CT molecular complexity index is 895. The average Bonchev–Trinajstić information content (AvgIpc) is 3.29. The van der Waals surface area contributed by atoms with Gasteiger partial charge in [0, 0.05) is 6.54 Å². The molecule has 3 rings (SSSR count). The van der Waals surface area contributed by atoms with Gasteiger partial charge in [0.1, 0.15) is 17.6 Å². The first-order valence-corrected chi connectivity index (χ1v) is 9.45. The van der Waals surface area contributed by atoms with Crippen molar-refractivity contribution in [1.29, 1.82) is 0 Å². The van der Waals surface area contributed by atoms with Crippen molar-refractivity contribution in [2.75, 3.05) is 6.61 Å². The third-order valence-corrected chi connectivity index (χ3v) is 4.49. The molecule has 1 atom stereocenters. The molecule has 150 valence electrons. The molecule has 1 N–H and O–H groups in total. The summed E-state index contributed by atoms with van der Waals surface area (Å²) < 4.78 is 10.8. The third-order valence-electron chi connectivity index (χ3n) is 4.49. The summed E-state index contributed by atoms with van der Waals surface area (Å²) in [4.78, 5) is 27.1. The number of amides is 2. The smallest absolute Gasteiger partial charge is 0.261 e. The van der Waals surface area contributed by atoms with Gasteiger partial charge in [-0.1, -0.05) is 48.5 Å². The molecule has 0 saturated heterocycles. The van der Waals surface area contributed by atoms with Crippen molar-refractivity contribution in [2.45, 2.75) is 26.1 Å². The number of rotatable bonds is 9. The second kappa shape index (κ2) is 10.1. The number of benzene rings is 2. The van der Waals surface area contributed by atoms with Gasteiger partial charge in [0.25, 0.3) is 5.91 Å². The third kappa shape index (κ3) is 5.97. The van der Waals surface area contributed by atoms with Crippen LogP contribution >= 0.6 is 0 Å². The number of carbonyl (C=O) groups is 2. The summed E-state index contributed by atoms with van der Waals surface area (Å²) in [6.45, 7) is 2.14. The molecule has 1 aromatic heterocycles. The number of hydrogen-bond acceptors (Lipinski definition) is 4. The van der Waals surface area contributed by atoms with Gasteiger partial charge in [-0.3, -0.25) is 9.59 Å². The number of hydrogen-bond donors (Lipinski definition) is 1. The van der Waals surface area contributed by atoms with Gasteiger partial charge < -0.3 is 19.4 Å². The minimum absolute atomic E-state index is 0.146. The lowest BCUT2D eigenvalue weighted by Gasteiger charge is -2.28. The molecule has 2 amide bonds. The topological polar surface area (TPSA) is 71.8 Å². The first-order chi connectivity index (χ1) is 14.1. The molecule has 0 aliphatic heterocycles. The van der Waals surface area contributed by atoms with Crippen LogP contribution in [0.4, 0.5) is 0 Å². The lowest BCUT2D eigenvalue weighted by Crippen LogP contribution is -2.48. The Hall–Kier alpha value is -3.54. The Morgan fingerprint density at radius 3 is 2.34 bits per heavy atom. The maximum Gasteiger partial charge on any atom is 0.261 e. The second-order valence-electron chi connectivity index (χ2n) is 6.58. The molecule has 1 heterocycles. The van der Waals surface area contributed by atoms with E-state index in [2.05, 4.69) is 5.32 Å². The van der Waals surface area contributed by atoms with Crippen LogP contribution < -0.4 is 10.1 Å². The maximum absolute atomic E-state index is 12.9. The fraction of sp³-hybridized carbons (Fsp3) is 0.217. The van der Waals surface area contributed by atoms with Crippen LogP contribution in [0.2, 0.25) is 0 Å². The zero-order valence-corrected chi connectivity index (χ0v) is 16.3. The molecule has 0 aliphatic carbocycles. The highest BCUT2D eigenvalue weighted by Gasteiger charge is 2.26. The van der Waals surface area contributed by atoms with Crippen LogP contribution in [0.1, 0.15) is 18.2 Å². The van der Waals surface area contributed by atoms with E-state index in [1.54, 1.807) is 37.5 Å². The van der Waals surface area contributed by atoms with Crippen molar-refractivity contribution in [3.63, 3.8) is 0 Å². The van der Waals surface area contributed by atoms with E-state index in [9.17, 15) is 9.59 Å². The molecular weight excluding hydrogens is 368 g/mol. The lowest BCUT2D eigenvalue weighted by molar-refractivity contribution is -0.142. The van der Waals surface area contributed by atoms with Crippen molar-refractivity contribution in [3.05, 3.63) is 90.4 Å². The Balaban J connectivity index is 1.67. The van der Waals surface area contributed by atoms with Gasteiger partial charge in [0.2, 0.25) is 5.91 Å². The molecule has 0 spiro atoms. The normalized spacial score (nSPS) is 11.5. The van der Waals surface area contributed by atoms with Gasteiger partial charge in [-0.15, -0.1) is 0 Å². The summed E-state index contributed by atoms with van der Waals surface area (Å²) in [7, 11) is 0. The molecule has 0 radical (unpaired) electrons. The van der Waals surface area contributed by atoms with Crippen molar-refractivity contribution >= 4 is 11.8 Å². The summed E-state index contributed by atoms with van der Waals surface area (Å²) >= 11 is 0. The Morgan fingerprint density at radius 1 is 1.00 bits per heavy atom. The zero-order valence-electron chi connectivity index (χ0n) is 16.3. The van der Waals surface area contributed by atoms with Crippen LogP contribution in [-0.4, -0.2) is 29.4 Å². The summed E-state index contributed by atoms with van der Waals surface area (Å²) in [5, 5.41) is 2.81. The van der Waals surface area contributed by atoms with Gasteiger partial charge in [-0.25, -0.2) is 0 Å². The highest BCUT2D eigenvalue weighted by Crippen LogP contribution is 2.12. The molecular formula is C23H24N2O4. The number of furan rings is 1. The highest BCUT2D eigenvalue weighted by molar-refractivity contribution is 5.87. The summed E-state index contributed by atoms with van der Waals surface area (Å²) in [6, 6.07) is 21.6. The number of carbonyl (C=O) groups excluding carboxylic acids is 2. The monoisotopic (exact) mass is 392 g/mol. The average molecular weight is 392 g/mol. The largest absolute Gasteiger partial charge is 0.484 e. The molecule has 0 saturated carbocycles. The van der Waals surface area contributed by atoms with Crippen molar-refractivity contribution in [2.24, 2.45) is 0 Å². The molecule has 6 nitrogen and oxygen atoms in total. The second-order valence-corrected chi connectivity index (χ2v) is 6.58. The summed E-state index contributed by atoms with van der Waals surface area (Å²) in [5.74, 6) is 0.734. The van der Waals surface area contributed by atoms with Gasteiger partial charge in [-0.2, -0.15) is 0 Å². The van der Waals surface area contributed by atoms with Crippen LogP contribution in [0.25, 0.3) is 0 Å². The van der Waals surface area contributed by atoms with E-state index in [-0.39, 0.29) is 25.0 Å². The minimum Gasteiger partial charge on any atom is -0.484 e. The van der Waals surface area contributed by atoms with E-state index < -0.39 is 6.04 Å². The van der Waals surface area contributed by atoms with Crippen molar-refractivity contribution < 1.29 is 18.7 Å². The van der Waals surface area contributed by atoms with E-state index in [1.165, 1.54) is 4.90 Å². The fourth-order valence-corrected chi connectivity index (χ4v) is 2.84. The Kier molecular flexibility index (Phi) is 7.05. The van der Waals surface area contributed by atoms with Gasteiger partial charge in [0.15, 0.2) is 6.61 Å². The number of ether oxygens (including phenoxy) is 1. The molecule has 29 heavy (non-hydrogen) atoms. The summed E-state index contributed by atoms with van der Waals surface area (Å²) in [5.41, 5.74) is 0.936. The zero-order chi connectivity index (χ0) is 20.5. The molecule has 2 aromatic carbocycles. The Morgan fingerprint density at radius 2 is 1.69 bits per heavy atom. The highest BCUT2D eigenvalue weighted by atomic mass is 16.5. The molecule has 6 heteroatoms. The maximum atomic E-state index is 12.9. The Labute approximate surface area is 170 Å². The molecule has 0 aliphatic rings. The van der Waals surface area contributed by atoms with Gasteiger partial charge in [-0.05, 0) is 36.8 Å². The summed E-state index contributed by atoms with van der Waals surface area (Å²) in [6.07, 6.45) is 1.55. The van der Waals surface area contributed by atoms with E-state index in [1.807, 2.05) is 48.5 Å². The standard InChI is InChI=1S/C23H24N2O4/c1-18(23(27)24-15-21-13-8-14-28-21)25(16-19-9-4-2-5-10-19)22(26)17-29-20-11-6-3-7-12-20/h2-14,18H,15-17H2,1H3,(H,24,27)/t18-/m1/s1. The van der Waals surface area contributed by atoms with Gasteiger partial charge in [0.05, 0.1) is 12.8 Å². The number of para-hydroxylation sites is 1. The van der Waals surface area contributed by atoms with E-state index in [0.29, 0.717) is 18.1 Å². The predicted octanol–water partition coefficient (Wildman–Crippen LogP) is 3.39. The molecule has 0 fully saturated rings. The first kappa shape index (κ1) is 20.2. The minimum atomic E-state index is -0.669.